The number of aliphatic hydroxyl groups is 3. The van der Waals surface area contributed by atoms with Gasteiger partial charge in [-0.25, -0.2) is 0 Å². The Morgan fingerprint density at radius 2 is 2.10 bits per heavy atom. The minimum Gasteiger partial charge on any atom is -0.394 e. The summed E-state index contributed by atoms with van der Waals surface area (Å²) in [6.45, 7) is 1.89. The lowest BCUT2D eigenvalue weighted by Gasteiger charge is -2.32. The lowest BCUT2D eigenvalue weighted by Crippen LogP contribution is -2.54. The zero-order valence-corrected chi connectivity index (χ0v) is 11.2. The molecule has 0 aliphatic carbocycles. The normalized spacial score (nSPS) is 33.1. The van der Waals surface area contributed by atoms with Gasteiger partial charge in [0.15, 0.2) is 17.6 Å². The summed E-state index contributed by atoms with van der Waals surface area (Å²) in [6.07, 6.45) is 3.34. The second-order valence-electron chi connectivity index (χ2n) is 4.48. The van der Waals surface area contributed by atoms with Gasteiger partial charge in [0.25, 0.3) is 0 Å². The number of allylic oxidation sites excluding steroid dienone is 1. The van der Waals surface area contributed by atoms with Crippen molar-refractivity contribution in [1.82, 2.24) is 4.90 Å². The quantitative estimate of drug-likeness (QED) is 0.423. The minimum atomic E-state index is -2.18. The molecule has 4 atom stereocenters. The number of carbonyl (C=O) groups excluding carboxylic acids is 2. The van der Waals surface area contributed by atoms with Crippen molar-refractivity contribution in [2.75, 3.05) is 6.61 Å². The van der Waals surface area contributed by atoms with E-state index in [0.29, 0.717) is 0 Å². The largest absolute Gasteiger partial charge is 0.394 e. The van der Waals surface area contributed by atoms with Crippen molar-refractivity contribution in [2.24, 2.45) is 0 Å². The Kier molecular flexibility index (Phi) is 5.03. The van der Waals surface area contributed by atoms with E-state index >= 15 is 0 Å². The van der Waals surface area contributed by atoms with Crippen LogP contribution in [0.25, 0.3) is 0 Å². The average molecular weight is 283 g/mol. The second-order valence-corrected chi connectivity index (χ2v) is 4.48. The van der Waals surface area contributed by atoms with E-state index in [2.05, 4.69) is 0 Å². The monoisotopic (exact) mass is 283 g/mol. The van der Waals surface area contributed by atoms with Crippen LogP contribution in [0.15, 0.2) is 12.3 Å². The van der Waals surface area contributed by atoms with Gasteiger partial charge in [-0.05, 0) is 13.0 Å². The van der Waals surface area contributed by atoms with Crippen LogP contribution < -0.4 is 0 Å². The molecule has 7 heteroatoms. The fraction of sp³-hybridized carbons (Fsp3) is 0.538. The Labute approximate surface area is 116 Å². The molecular weight excluding hydrogens is 266 g/mol. The molecule has 0 saturated carbocycles. The molecule has 20 heavy (non-hydrogen) atoms. The van der Waals surface area contributed by atoms with E-state index in [-0.39, 0.29) is 5.78 Å². The third kappa shape index (κ3) is 2.89. The van der Waals surface area contributed by atoms with Crippen molar-refractivity contribution in [3.8, 4) is 12.3 Å². The number of hydrogen-bond acceptors (Lipinski definition) is 6. The number of nitrogens with zero attached hydrogens (tertiary/aromatic N) is 1. The fourth-order valence-electron chi connectivity index (χ4n) is 1.88. The van der Waals surface area contributed by atoms with Crippen molar-refractivity contribution in [1.29, 1.82) is 0 Å². The van der Waals surface area contributed by atoms with Crippen LogP contribution in [0, 0.1) is 12.3 Å². The van der Waals surface area contributed by atoms with Crippen LogP contribution in [0.2, 0.25) is 0 Å². The molecule has 1 unspecified atom stereocenters. The Hall–Kier alpha value is -1.72. The van der Waals surface area contributed by atoms with E-state index < -0.39 is 36.6 Å². The Balaban J connectivity index is 3.16. The lowest BCUT2D eigenvalue weighted by atomic mass is 9.94. The molecule has 1 fully saturated rings. The SMILES string of the molecule is C#C[C@]1(O)C(N(/C=C\C(C)=O)C(C)=O)O[C@H](CO)[C@H]1O. The molecule has 1 saturated heterocycles. The third-order valence-corrected chi connectivity index (χ3v) is 2.98. The molecule has 1 rings (SSSR count). The number of terminal acetylenes is 1. The molecule has 1 aliphatic heterocycles. The highest BCUT2D eigenvalue weighted by atomic mass is 16.6. The fourth-order valence-corrected chi connectivity index (χ4v) is 1.88. The average Bonchev–Trinajstić information content (AvgIpc) is 2.63. The number of aliphatic hydroxyl groups excluding tert-OH is 2. The van der Waals surface area contributed by atoms with Crippen molar-refractivity contribution in [3.63, 3.8) is 0 Å². The summed E-state index contributed by atoms with van der Waals surface area (Å²) in [5.74, 6) is 1.11. The molecule has 0 bridgehead atoms. The Morgan fingerprint density at radius 1 is 1.50 bits per heavy atom. The van der Waals surface area contributed by atoms with Crippen molar-refractivity contribution >= 4 is 11.7 Å². The van der Waals surface area contributed by atoms with E-state index in [1.807, 2.05) is 5.92 Å². The number of amides is 1. The van der Waals surface area contributed by atoms with Gasteiger partial charge < -0.3 is 20.1 Å². The zero-order valence-electron chi connectivity index (χ0n) is 11.2. The summed E-state index contributed by atoms with van der Waals surface area (Å²) in [6, 6.07) is 0. The molecule has 0 aromatic carbocycles. The minimum absolute atomic E-state index is 0.322. The second kappa shape index (κ2) is 6.15. The van der Waals surface area contributed by atoms with E-state index in [0.717, 1.165) is 17.2 Å². The van der Waals surface area contributed by atoms with Gasteiger partial charge in [0.1, 0.15) is 12.2 Å². The maximum atomic E-state index is 11.6. The highest BCUT2D eigenvalue weighted by Crippen LogP contribution is 2.33. The molecule has 0 aromatic rings. The summed E-state index contributed by atoms with van der Waals surface area (Å²) in [5.41, 5.74) is -2.18. The van der Waals surface area contributed by atoms with Crippen molar-refractivity contribution < 1.29 is 29.6 Å². The van der Waals surface area contributed by atoms with Crippen LogP contribution in [0.4, 0.5) is 0 Å². The van der Waals surface area contributed by atoms with Gasteiger partial charge >= 0.3 is 0 Å². The molecular formula is C13H17NO6. The molecule has 0 radical (unpaired) electrons. The highest BCUT2D eigenvalue weighted by molar-refractivity contribution is 5.88. The number of ether oxygens (including phenoxy) is 1. The van der Waals surface area contributed by atoms with Crippen LogP contribution in [0.3, 0.4) is 0 Å². The first-order valence-corrected chi connectivity index (χ1v) is 5.90. The highest BCUT2D eigenvalue weighted by Gasteiger charge is 2.57. The maximum Gasteiger partial charge on any atom is 0.225 e. The summed E-state index contributed by atoms with van der Waals surface area (Å²) in [5, 5.41) is 29.2. The van der Waals surface area contributed by atoms with Crippen molar-refractivity contribution in [3.05, 3.63) is 12.3 Å². The lowest BCUT2D eigenvalue weighted by molar-refractivity contribution is -0.148. The summed E-state index contributed by atoms with van der Waals surface area (Å²) in [7, 11) is 0. The number of rotatable bonds is 4. The third-order valence-electron chi connectivity index (χ3n) is 2.98. The van der Waals surface area contributed by atoms with Gasteiger partial charge in [-0.1, -0.05) is 5.92 Å². The smallest absolute Gasteiger partial charge is 0.225 e. The van der Waals surface area contributed by atoms with Crippen LogP contribution in [-0.2, 0) is 14.3 Å². The molecule has 1 heterocycles. The van der Waals surface area contributed by atoms with E-state index in [1.54, 1.807) is 0 Å². The van der Waals surface area contributed by atoms with Crippen LogP contribution in [0.5, 0.6) is 0 Å². The van der Waals surface area contributed by atoms with E-state index in [4.69, 9.17) is 16.3 Å². The molecule has 7 nitrogen and oxygen atoms in total. The van der Waals surface area contributed by atoms with Crippen LogP contribution >= 0.6 is 0 Å². The van der Waals surface area contributed by atoms with Gasteiger partial charge in [0.2, 0.25) is 5.91 Å². The van der Waals surface area contributed by atoms with Gasteiger partial charge in [-0.2, -0.15) is 0 Å². The van der Waals surface area contributed by atoms with Crippen molar-refractivity contribution in [2.45, 2.75) is 37.9 Å². The summed E-state index contributed by atoms with van der Waals surface area (Å²) >= 11 is 0. The van der Waals surface area contributed by atoms with Crippen LogP contribution in [-0.4, -0.2) is 62.6 Å². The predicted octanol–water partition coefficient (Wildman–Crippen LogP) is -1.62. The first-order chi connectivity index (χ1) is 9.27. The van der Waals surface area contributed by atoms with Gasteiger partial charge in [0.05, 0.1) is 6.61 Å². The van der Waals surface area contributed by atoms with Gasteiger partial charge in [0, 0.05) is 13.1 Å². The van der Waals surface area contributed by atoms with E-state index in [9.17, 15) is 19.8 Å². The number of carbonyl (C=O) groups is 2. The topological polar surface area (TPSA) is 107 Å². The summed E-state index contributed by atoms with van der Waals surface area (Å²) < 4.78 is 5.24. The number of ketones is 1. The van der Waals surface area contributed by atoms with Gasteiger partial charge in [-0.3, -0.25) is 14.5 Å². The molecule has 0 aromatic heterocycles. The van der Waals surface area contributed by atoms with Crippen LogP contribution in [0.1, 0.15) is 13.8 Å². The van der Waals surface area contributed by atoms with E-state index in [1.165, 1.54) is 13.8 Å². The van der Waals surface area contributed by atoms with Gasteiger partial charge in [-0.15, -0.1) is 6.42 Å². The maximum absolute atomic E-state index is 11.6. The molecule has 3 N–H and O–H groups in total. The first-order valence-electron chi connectivity index (χ1n) is 5.90. The zero-order chi connectivity index (χ0) is 15.5. The Morgan fingerprint density at radius 3 is 2.50 bits per heavy atom. The number of hydrogen-bond donors (Lipinski definition) is 3. The Bertz CT molecular complexity index is 468. The standard InChI is InChI=1S/C13H17NO6/c1-4-13(19)11(18)10(7-15)20-12(13)14(9(3)17)6-5-8(2)16/h1,5-6,10-12,15,18-19H,7H2,2-3H3/b6-5-/t10-,11-,12?,13-/m1/s1. The molecule has 110 valence electrons. The first kappa shape index (κ1) is 16.3. The molecule has 1 amide bonds. The predicted molar refractivity (Wildman–Crippen MR) is 67.9 cm³/mol. The molecule has 0 spiro atoms. The molecule has 1 aliphatic rings. The summed E-state index contributed by atoms with van der Waals surface area (Å²) in [4.78, 5) is 23.5.